The summed E-state index contributed by atoms with van der Waals surface area (Å²) < 4.78 is 0. The Morgan fingerprint density at radius 1 is 1.03 bits per heavy atom. The molecule has 2 saturated heterocycles. The van der Waals surface area contributed by atoms with Crippen molar-refractivity contribution in [2.24, 2.45) is 11.7 Å². The maximum atomic E-state index is 13.1. The van der Waals surface area contributed by atoms with Crippen LogP contribution in [0, 0.1) is 5.92 Å². The van der Waals surface area contributed by atoms with Crippen molar-refractivity contribution < 1.29 is 9.59 Å². The first-order valence-corrected chi connectivity index (χ1v) is 11.2. The molecule has 9 nitrogen and oxygen atoms in total. The number of anilines is 2. The smallest absolute Gasteiger partial charge is 0.252 e. The fourth-order valence-electron chi connectivity index (χ4n) is 4.60. The topological polar surface area (TPSA) is 130 Å². The largest absolute Gasteiger partial charge is 0.384 e. The Bertz CT molecular complexity index is 951. The second-order valence-corrected chi connectivity index (χ2v) is 8.65. The van der Waals surface area contributed by atoms with Crippen LogP contribution in [0.1, 0.15) is 41.6 Å². The Morgan fingerprint density at radius 2 is 1.78 bits per heavy atom. The van der Waals surface area contributed by atoms with Crippen molar-refractivity contribution in [3.8, 4) is 0 Å². The van der Waals surface area contributed by atoms with Crippen molar-refractivity contribution in [1.82, 2.24) is 19.8 Å². The molecule has 2 aliphatic heterocycles. The highest BCUT2D eigenvalue weighted by atomic mass is 16.2. The number of aromatic nitrogens is 2. The van der Waals surface area contributed by atoms with Gasteiger partial charge in [0, 0.05) is 44.0 Å². The fraction of sp³-hybridized carbons (Fsp3) is 0.478. The summed E-state index contributed by atoms with van der Waals surface area (Å²) in [6, 6.07) is 7.44. The van der Waals surface area contributed by atoms with Gasteiger partial charge in [0.15, 0.2) is 0 Å². The lowest BCUT2D eigenvalue weighted by Gasteiger charge is -2.37. The van der Waals surface area contributed by atoms with Crippen LogP contribution in [0.3, 0.4) is 0 Å². The second-order valence-electron chi connectivity index (χ2n) is 8.65. The highest BCUT2D eigenvalue weighted by Gasteiger charge is 2.31. The number of likely N-dealkylation sites (tertiary alicyclic amines) is 2. The van der Waals surface area contributed by atoms with Crippen LogP contribution in [0.15, 0.2) is 36.7 Å². The summed E-state index contributed by atoms with van der Waals surface area (Å²) in [6.45, 7) is 4.08. The molecule has 0 bridgehead atoms. The zero-order valence-corrected chi connectivity index (χ0v) is 18.2. The van der Waals surface area contributed by atoms with Gasteiger partial charge in [0.05, 0.1) is 5.56 Å². The van der Waals surface area contributed by atoms with E-state index < -0.39 is 5.91 Å². The summed E-state index contributed by atoms with van der Waals surface area (Å²) in [5.41, 5.74) is 12.8. The van der Waals surface area contributed by atoms with Gasteiger partial charge in [-0.25, -0.2) is 9.97 Å². The predicted molar refractivity (Wildman–Crippen MR) is 123 cm³/mol. The Labute approximate surface area is 188 Å². The van der Waals surface area contributed by atoms with E-state index in [1.807, 2.05) is 17.0 Å². The molecule has 0 atom stereocenters. The molecule has 2 aromatic heterocycles. The number of amides is 2. The van der Waals surface area contributed by atoms with Crippen LogP contribution in [0.4, 0.5) is 11.6 Å². The van der Waals surface area contributed by atoms with Crippen LogP contribution >= 0.6 is 0 Å². The number of nitrogens with zero attached hydrogens (tertiary/aromatic N) is 4. The normalized spacial score (nSPS) is 18.4. The number of hydrogen-bond acceptors (Lipinski definition) is 7. The van der Waals surface area contributed by atoms with E-state index >= 15 is 0 Å². The van der Waals surface area contributed by atoms with Crippen molar-refractivity contribution in [3.05, 3.63) is 47.8 Å². The molecule has 32 heavy (non-hydrogen) atoms. The van der Waals surface area contributed by atoms with Gasteiger partial charge in [-0.1, -0.05) is 0 Å². The number of carbonyl (C=O) groups is 2. The van der Waals surface area contributed by atoms with Gasteiger partial charge in [-0.3, -0.25) is 14.5 Å². The first-order chi connectivity index (χ1) is 15.5. The number of hydrogen-bond donors (Lipinski definition) is 3. The number of nitrogens with two attached hydrogens (primary N) is 2. The van der Waals surface area contributed by atoms with Gasteiger partial charge in [0.25, 0.3) is 5.91 Å². The van der Waals surface area contributed by atoms with Gasteiger partial charge in [-0.2, -0.15) is 0 Å². The molecule has 0 unspecified atom stereocenters. The molecule has 0 radical (unpaired) electrons. The van der Waals surface area contributed by atoms with Gasteiger partial charge in [0.2, 0.25) is 5.91 Å². The number of piperidine rings is 2. The van der Waals surface area contributed by atoms with Gasteiger partial charge in [-0.05, 0) is 68.6 Å². The first-order valence-electron chi connectivity index (χ1n) is 11.2. The van der Waals surface area contributed by atoms with Crippen molar-refractivity contribution >= 4 is 23.5 Å². The van der Waals surface area contributed by atoms with E-state index in [0.29, 0.717) is 30.3 Å². The summed E-state index contributed by atoms with van der Waals surface area (Å²) in [7, 11) is 0. The third-order valence-electron chi connectivity index (χ3n) is 6.41. The molecule has 0 spiro atoms. The molecule has 5 N–H and O–H groups in total. The predicted octanol–water partition coefficient (Wildman–Crippen LogP) is 1.47. The van der Waals surface area contributed by atoms with E-state index in [1.165, 1.54) is 0 Å². The van der Waals surface area contributed by atoms with Gasteiger partial charge in [-0.15, -0.1) is 0 Å². The van der Waals surface area contributed by atoms with Crippen molar-refractivity contribution in [2.75, 3.05) is 37.2 Å². The lowest BCUT2D eigenvalue weighted by molar-refractivity contribution is -0.138. The van der Waals surface area contributed by atoms with E-state index in [9.17, 15) is 9.59 Å². The number of carbonyl (C=O) groups excluding carboxylic acids is 2. The maximum absolute atomic E-state index is 13.1. The van der Waals surface area contributed by atoms with Gasteiger partial charge in [0.1, 0.15) is 11.6 Å². The number of nitrogen functional groups attached to an aromatic ring is 1. The van der Waals surface area contributed by atoms with Crippen molar-refractivity contribution in [3.63, 3.8) is 0 Å². The molecule has 0 aromatic carbocycles. The molecule has 2 amide bonds. The second kappa shape index (κ2) is 9.95. The van der Waals surface area contributed by atoms with E-state index in [1.54, 1.807) is 24.5 Å². The van der Waals surface area contributed by atoms with Gasteiger partial charge >= 0.3 is 0 Å². The molecule has 9 heteroatoms. The van der Waals surface area contributed by atoms with Crippen LogP contribution in [0.2, 0.25) is 0 Å². The number of primary amides is 1. The minimum atomic E-state index is -0.494. The average molecular weight is 438 g/mol. The summed E-state index contributed by atoms with van der Waals surface area (Å²) in [4.78, 5) is 37.3. The molecule has 0 aliphatic carbocycles. The summed E-state index contributed by atoms with van der Waals surface area (Å²) >= 11 is 0. The number of pyridine rings is 2. The minimum absolute atomic E-state index is 0.0931. The Kier molecular flexibility index (Phi) is 6.84. The van der Waals surface area contributed by atoms with E-state index in [-0.39, 0.29) is 17.9 Å². The molecule has 0 saturated carbocycles. The standard InChI is InChI=1S/C23H31N7O2/c24-20-14-16(3-9-26-20)15-29-10-4-17(5-11-29)23(32)30-12-6-18(7-13-30)28-22-19(21(25)31)2-1-8-27-22/h1-3,8-9,14,17-18H,4-7,10-13,15H2,(H2,24,26)(H2,25,31)(H,27,28). The SMILES string of the molecule is NC(=O)c1cccnc1NC1CCN(C(=O)C2CCN(Cc3ccnc(N)c3)CC2)CC1. The molecule has 170 valence electrons. The third kappa shape index (κ3) is 5.34. The molecule has 2 fully saturated rings. The quantitative estimate of drug-likeness (QED) is 0.624. The Hall–Kier alpha value is -3.20. The monoisotopic (exact) mass is 437 g/mol. The summed E-state index contributed by atoms with van der Waals surface area (Å²) in [6.07, 6.45) is 6.79. The van der Waals surface area contributed by atoms with Crippen LogP contribution in [-0.4, -0.2) is 63.8 Å². The molecular weight excluding hydrogens is 406 g/mol. The lowest BCUT2D eigenvalue weighted by atomic mass is 9.93. The van der Waals surface area contributed by atoms with Crippen LogP contribution in [-0.2, 0) is 11.3 Å². The number of nitrogens with one attached hydrogen (secondary N) is 1. The molecule has 2 aromatic rings. The molecule has 4 heterocycles. The Balaban J connectivity index is 1.23. The molecule has 2 aliphatic rings. The van der Waals surface area contributed by atoms with E-state index in [4.69, 9.17) is 11.5 Å². The van der Waals surface area contributed by atoms with Gasteiger partial charge < -0.3 is 21.7 Å². The van der Waals surface area contributed by atoms with Crippen LogP contribution in [0.25, 0.3) is 0 Å². The fourth-order valence-corrected chi connectivity index (χ4v) is 4.60. The minimum Gasteiger partial charge on any atom is -0.384 e. The van der Waals surface area contributed by atoms with E-state index in [0.717, 1.165) is 50.9 Å². The third-order valence-corrected chi connectivity index (χ3v) is 6.41. The molecular formula is C23H31N7O2. The van der Waals surface area contributed by atoms with Crippen molar-refractivity contribution in [1.29, 1.82) is 0 Å². The van der Waals surface area contributed by atoms with E-state index in [2.05, 4.69) is 20.2 Å². The lowest BCUT2D eigenvalue weighted by Crippen LogP contribution is -2.47. The zero-order valence-electron chi connectivity index (χ0n) is 18.2. The van der Waals surface area contributed by atoms with Crippen LogP contribution in [0.5, 0.6) is 0 Å². The molecule has 4 rings (SSSR count). The van der Waals surface area contributed by atoms with Crippen molar-refractivity contribution in [2.45, 2.75) is 38.3 Å². The number of rotatable bonds is 6. The maximum Gasteiger partial charge on any atom is 0.252 e. The highest BCUT2D eigenvalue weighted by molar-refractivity contribution is 5.97. The zero-order chi connectivity index (χ0) is 22.5. The first kappa shape index (κ1) is 22.0. The average Bonchev–Trinajstić information content (AvgIpc) is 2.80. The summed E-state index contributed by atoms with van der Waals surface area (Å²) in [5.74, 6) is 0.932. The van der Waals surface area contributed by atoms with Crippen LogP contribution < -0.4 is 16.8 Å². The summed E-state index contributed by atoms with van der Waals surface area (Å²) in [5, 5.41) is 3.33. The highest BCUT2D eigenvalue weighted by Crippen LogP contribution is 2.24. The Morgan fingerprint density at radius 3 is 2.47 bits per heavy atom.